The Morgan fingerprint density at radius 3 is 1.10 bits per heavy atom. The van der Waals surface area contributed by atoms with Crippen LogP contribution in [0.4, 0.5) is 0 Å². The molecule has 0 spiro atoms. The van der Waals surface area contributed by atoms with Gasteiger partial charge in [0.25, 0.3) is 0 Å². The molecule has 0 aromatic carbocycles. The maximum absolute atomic E-state index is 12.7. The average Bonchev–Trinajstić information content (AvgIpc) is 3.34. The summed E-state index contributed by atoms with van der Waals surface area (Å²) in [5.74, 6) is -3.76. The van der Waals surface area contributed by atoms with Crippen LogP contribution < -0.4 is 37.1 Å². The Morgan fingerprint density at radius 2 is 0.771 bits per heavy atom. The molecule has 10 N–H and O–H groups in total. The quantitative estimate of drug-likeness (QED) is 0.0249. The predicted molar refractivity (Wildman–Crippen MR) is 281 cm³/mol. The van der Waals surface area contributed by atoms with Crippen molar-refractivity contribution in [1.29, 1.82) is 0 Å². The van der Waals surface area contributed by atoms with E-state index in [1.165, 1.54) is 44.9 Å². The van der Waals surface area contributed by atoms with Gasteiger partial charge in [0.05, 0.1) is 23.8 Å². The highest BCUT2D eigenvalue weighted by Crippen LogP contribution is 2.14. The lowest BCUT2D eigenvalue weighted by Crippen LogP contribution is -2.44. The van der Waals surface area contributed by atoms with E-state index in [4.69, 9.17) is 18.2 Å². The van der Waals surface area contributed by atoms with E-state index in [2.05, 4.69) is 45.0 Å². The largest absolute Gasteiger partial charge is 0.481 e. The molecular weight excluding hydrogens is 896 g/mol. The highest BCUT2D eigenvalue weighted by Gasteiger charge is 2.21. The fourth-order valence-corrected chi connectivity index (χ4v) is 6.98. The molecule has 0 saturated heterocycles. The second-order valence-corrected chi connectivity index (χ2v) is 16.8. The van der Waals surface area contributed by atoms with E-state index in [1.54, 1.807) is 21.0 Å². The molecule has 4 radical (unpaired) electrons. The van der Waals surface area contributed by atoms with Gasteiger partial charge in [-0.05, 0) is 97.6 Å². The van der Waals surface area contributed by atoms with Crippen molar-refractivity contribution in [1.82, 2.24) is 37.1 Å². The Bertz CT molecular complexity index is 1350. The normalized spacial score (nSPS) is 12.1. The number of amides is 4. The van der Waals surface area contributed by atoms with E-state index in [1.807, 2.05) is 27.7 Å². The van der Waals surface area contributed by atoms with Crippen LogP contribution in [-0.4, -0.2) is 136 Å². The average molecular weight is 994 g/mol. The number of carbonyl (C=O) groups excluding carboxylic acids is 5. The van der Waals surface area contributed by atoms with Crippen molar-refractivity contribution in [2.24, 2.45) is 0 Å². The van der Waals surface area contributed by atoms with E-state index < -0.39 is 36.0 Å². The first-order valence-electron chi connectivity index (χ1n) is 26.5. The summed E-state index contributed by atoms with van der Waals surface area (Å²) in [6.07, 6.45) is 21.5. The zero-order valence-electron chi connectivity index (χ0n) is 44.5. The molecule has 4 atom stereocenters. The minimum absolute atomic E-state index is 0.00335. The van der Waals surface area contributed by atoms with Crippen LogP contribution in [0.3, 0.4) is 0 Å². The summed E-state index contributed by atoms with van der Waals surface area (Å²) in [5.41, 5.74) is -0.245. The summed E-state index contributed by atoms with van der Waals surface area (Å²) in [6, 6.07) is -2.71. The molecule has 0 aliphatic heterocycles. The molecular formula is C50H97B2N7O11. The first kappa shape index (κ1) is 72.5. The molecule has 0 heterocycles. The van der Waals surface area contributed by atoms with Gasteiger partial charge in [-0.2, -0.15) is 0 Å². The molecule has 0 bridgehead atoms. The molecule has 4 amide bonds. The monoisotopic (exact) mass is 994 g/mol. The zero-order chi connectivity index (χ0) is 53.8. The molecule has 0 aromatic heterocycles. The Morgan fingerprint density at radius 1 is 0.429 bits per heavy atom. The minimum atomic E-state index is -1.17. The molecule has 0 saturated carbocycles. The highest BCUT2D eigenvalue weighted by molar-refractivity contribution is 6.57. The SMILES string of the molecule is CC.CC.[B]C(=O)CC.[B]NC(CCCCNC(=O)C(CCCCNC(=O)[C@H](CCCCNC(=O)CCC(NC(=O)CCCCCCCCCCCCCCCCC(=O)O)C(=O)O)NC)NC)C(=O)O. The standard InChI is InChI=1S/C43H80BN7O10.C3H5BO.2C2H6/c1-45-33(40(56)48-31-21-18-24-34(46-2)41(57)49-32-22-19-25-36(51-44)43(60)61)23-17-20-30-47-37(52)29-28-35(42(58)59)50-38(53)26-15-13-11-9-7-5-3-4-6-8-10-12-14-16-27-39(54)55;1-2-3(4)5;2*1-2/h33-36,45-46,51H,3-32H2,1-2H3,(H,47,52)(H,48,56)(H,49,57)(H,50,53)(H,54,55)(H,58,59)(H,60,61);2H2,1H3;2*1-2H3/t33-,34?,35?,36?;;;/m0.../s1. The summed E-state index contributed by atoms with van der Waals surface area (Å²) in [5, 5.41) is 46.7. The molecule has 0 fully saturated rings. The first-order valence-corrected chi connectivity index (χ1v) is 26.5. The van der Waals surface area contributed by atoms with Crippen LogP contribution >= 0.6 is 0 Å². The van der Waals surface area contributed by atoms with E-state index in [0.29, 0.717) is 83.8 Å². The van der Waals surface area contributed by atoms with Crippen LogP contribution in [0.15, 0.2) is 0 Å². The van der Waals surface area contributed by atoms with Gasteiger partial charge in [-0.15, -0.1) is 0 Å². The third-order valence-corrected chi connectivity index (χ3v) is 11.2. The van der Waals surface area contributed by atoms with Gasteiger partial charge in [-0.3, -0.25) is 28.8 Å². The Balaban J connectivity index is -0.00000223. The fraction of sp³-hybridized carbons (Fsp3) is 0.840. The second kappa shape index (κ2) is 54.3. The first-order chi connectivity index (χ1) is 33.6. The van der Waals surface area contributed by atoms with E-state index >= 15 is 0 Å². The number of aliphatic carboxylic acids is 3. The summed E-state index contributed by atoms with van der Waals surface area (Å²) in [4.78, 5) is 92.8. The fourth-order valence-electron chi connectivity index (χ4n) is 6.98. The molecule has 404 valence electrons. The Kier molecular flexibility index (Phi) is 56.3. The summed E-state index contributed by atoms with van der Waals surface area (Å²) in [7, 11) is 13.3. The number of rotatable bonds is 44. The molecule has 70 heavy (non-hydrogen) atoms. The lowest BCUT2D eigenvalue weighted by molar-refractivity contribution is -0.142. The van der Waals surface area contributed by atoms with Gasteiger partial charge in [0.1, 0.15) is 6.04 Å². The van der Waals surface area contributed by atoms with Gasteiger partial charge in [-0.1, -0.05) is 112 Å². The zero-order valence-corrected chi connectivity index (χ0v) is 44.5. The summed E-state index contributed by atoms with van der Waals surface area (Å²) in [6.45, 7) is 11.0. The number of carboxylic acid groups (broad SMARTS) is 3. The van der Waals surface area contributed by atoms with Gasteiger partial charge in [0.15, 0.2) is 15.8 Å². The number of hydrogen-bond donors (Lipinski definition) is 10. The number of carboxylic acids is 3. The van der Waals surface area contributed by atoms with Crippen LogP contribution in [0.1, 0.15) is 214 Å². The minimum Gasteiger partial charge on any atom is -0.481 e. The van der Waals surface area contributed by atoms with Crippen molar-refractivity contribution in [3.05, 3.63) is 0 Å². The third-order valence-electron chi connectivity index (χ3n) is 11.2. The van der Waals surface area contributed by atoms with E-state index in [-0.39, 0.29) is 61.0 Å². The lowest BCUT2D eigenvalue weighted by atomic mass is 10.0. The van der Waals surface area contributed by atoms with Crippen molar-refractivity contribution in [3.63, 3.8) is 0 Å². The lowest BCUT2D eigenvalue weighted by Gasteiger charge is -2.18. The molecule has 0 rings (SSSR count). The van der Waals surface area contributed by atoms with Gasteiger partial charge >= 0.3 is 17.9 Å². The molecule has 0 aromatic rings. The second-order valence-electron chi connectivity index (χ2n) is 16.8. The topological polar surface area (TPSA) is 281 Å². The van der Waals surface area contributed by atoms with Crippen LogP contribution in [0.2, 0.25) is 0 Å². The molecule has 20 heteroatoms. The molecule has 0 aliphatic carbocycles. The van der Waals surface area contributed by atoms with Gasteiger partial charge in [0, 0.05) is 38.9 Å². The predicted octanol–water partition coefficient (Wildman–Crippen LogP) is 5.97. The van der Waals surface area contributed by atoms with E-state index in [9.17, 15) is 43.5 Å². The van der Waals surface area contributed by atoms with Crippen LogP contribution in [0.5, 0.6) is 0 Å². The Labute approximate surface area is 424 Å². The molecule has 0 aliphatic rings. The Hall–Kier alpha value is -4.03. The number of hydrogen-bond acceptors (Lipinski definition) is 11. The number of unbranched alkanes of at least 4 members (excludes halogenated alkanes) is 16. The van der Waals surface area contributed by atoms with Crippen LogP contribution in [0, 0.1) is 0 Å². The van der Waals surface area contributed by atoms with Crippen molar-refractivity contribution in [3.8, 4) is 0 Å². The van der Waals surface area contributed by atoms with Crippen LogP contribution in [0.25, 0.3) is 0 Å². The number of nitrogens with one attached hydrogen (secondary N) is 7. The van der Waals surface area contributed by atoms with Crippen molar-refractivity contribution < 1.29 is 53.7 Å². The van der Waals surface area contributed by atoms with Crippen LogP contribution in [-0.2, 0) is 38.4 Å². The highest BCUT2D eigenvalue weighted by atomic mass is 16.4. The van der Waals surface area contributed by atoms with Crippen molar-refractivity contribution in [2.45, 2.75) is 239 Å². The molecule has 18 nitrogen and oxygen atoms in total. The third kappa shape index (κ3) is 49.0. The van der Waals surface area contributed by atoms with Gasteiger partial charge < -0.3 is 57.2 Å². The van der Waals surface area contributed by atoms with Crippen molar-refractivity contribution in [2.75, 3.05) is 33.7 Å². The van der Waals surface area contributed by atoms with E-state index in [0.717, 1.165) is 44.9 Å². The number of likely N-dealkylation sites (N-methyl/N-ethyl adjacent to an activating group) is 2. The maximum atomic E-state index is 12.7. The summed E-state index contributed by atoms with van der Waals surface area (Å²) >= 11 is 0. The smallest absolute Gasteiger partial charge is 0.326 e. The maximum Gasteiger partial charge on any atom is 0.326 e. The van der Waals surface area contributed by atoms with Crippen molar-refractivity contribution >= 4 is 63.0 Å². The molecule has 3 unspecified atom stereocenters. The van der Waals surface area contributed by atoms with Gasteiger partial charge in [0.2, 0.25) is 23.6 Å². The number of carbonyl (C=O) groups is 8. The van der Waals surface area contributed by atoms with Gasteiger partial charge in [-0.25, -0.2) is 4.79 Å². The summed E-state index contributed by atoms with van der Waals surface area (Å²) < 4.78 is 0.